The summed E-state index contributed by atoms with van der Waals surface area (Å²) in [6.07, 6.45) is 0. The van der Waals surface area contributed by atoms with Crippen LogP contribution in [-0.2, 0) is 5.75 Å². The Bertz CT molecular complexity index is 554. The molecule has 0 fully saturated rings. The molecule has 0 saturated heterocycles. The number of nitrogens with zero attached hydrogens (tertiary/aromatic N) is 1. The SMILES string of the molecule is CC(C)C(C)SCc1cc2ccccc2nc1NN. The second-order valence-corrected chi connectivity index (χ2v) is 6.46. The summed E-state index contributed by atoms with van der Waals surface area (Å²) >= 11 is 1.94. The number of hydrazine groups is 1. The Hall–Kier alpha value is -1.26. The molecule has 3 nitrogen and oxygen atoms in total. The zero-order valence-electron chi connectivity index (χ0n) is 11.7. The number of aromatic nitrogens is 1. The van der Waals surface area contributed by atoms with Gasteiger partial charge in [0.15, 0.2) is 0 Å². The van der Waals surface area contributed by atoms with Crippen LogP contribution in [0.4, 0.5) is 5.82 Å². The van der Waals surface area contributed by atoms with Gasteiger partial charge < -0.3 is 5.43 Å². The molecule has 0 saturated carbocycles. The average molecular weight is 275 g/mol. The van der Waals surface area contributed by atoms with E-state index in [1.807, 2.05) is 30.0 Å². The predicted octanol–water partition coefficient (Wildman–Crippen LogP) is 3.80. The minimum Gasteiger partial charge on any atom is -0.308 e. The van der Waals surface area contributed by atoms with Crippen molar-refractivity contribution in [2.45, 2.75) is 31.8 Å². The second-order valence-electron chi connectivity index (χ2n) is 5.09. The van der Waals surface area contributed by atoms with Gasteiger partial charge in [0, 0.05) is 22.0 Å². The molecule has 4 heteroatoms. The molecule has 0 aliphatic heterocycles. The van der Waals surface area contributed by atoms with Crippen LogP contribution in [0.2, 0.25) is 0 Å². The summed E-state index contributed by atoms with van der Waals surface area (Å²) in [6.45, 7) is 6.76. The van der Waals surface area contributed by atoms with Gasteiger partial charge in [-0.3, -0.25) is 0 Å². The molecule has 0 radical (unpaired) electrons. The summed E-state index contributed by atoms with van der Waals surface area (Å²) in [5, 5.41) is 1.78. The first-order valence-electron chi connectivity index (χ1n) is 6.58. The lowest BCUT2D eigenvalue weighted by Crippen LogP contribution is -2.12. The molecule has 2 aromatic rings. The number of nitrogen functional groups attached to an aromatic ring is 1. The molecule has 0 aliphatic carbocycles. The van der Waals surface area contributed by atoms with E-state index in [0.29, 0.717) is 11.2 Å². The third kappa shape index (κ3) is 3.39. The monoisotopic (exact) mass is 275 g/mol. The van der Waals surface area contributed by atoms with Gasteiger partial charge in [0.05, 0.1) is 5.52 Å². The van der Waals surface area contributed by atoms with Crippen LogP contribution < -0.4 is 11.3 Å². The summed E-state index contributed by atoms with van der Waals surface area (Å²) < 4.78 is 0. The molecular formula is C15H21N3S. The second kappa shape index (κ2) is 6.26. The molecule has 1 aromatic carbocycles. The van der Waals surface area contributed by atoms with E-state index < -0.39 is 0 Å². The molecule has 3 N–H and O–H groups in total. The molecule has 102 valence electrons. The smallest absolute Gasteiger partial charge is 0.144 e. The summed E-state index contributed by atoms with van der Waals surface area (Å²) in [4.78, 5) is 4.57. The Labute approximate surface area is 119 Å². The number of hydrogen-bond acceptors (Lipinski definition) is 4. The highest BCUT2D eigenvalue weighted by Gasteiger charge is 2.11. The van der Waals surface area contributed by atoms with E-state index in [1.165, 1.54) is 5.56 Å². The van der Waals surface area contributed by atoms with Crippen molar-refractivity contribution >= 4 is 28.5 Å². The number of nitrogens with one attached hydrogen (secondary N) is 1. The Morgan fingerprint density at radius 1 is 1.26 bits per heavy atom. The van der Waals surface area contributed by atoms with E-state index in [-0.39, 0.29) is 0 Å². The Morgan fingerprint density at radius 3 is 2.68 bits per heavy atom. The molecule has 0 bridgehead atoms. The van der Waals surface area contributed by atoms with Crippen LogP contribution in [0.5, 0.6) is 0 Å². The molecule has 19 heavy (non-hydrogen) atoms. The normalized spacial score (nSPS) is 12.9. The quantitative estimate of drug-likeness (QED) is 0.644. The van der Waals surface area contributed by atoms with Crippen molar-refractivity contribution in [3.63, 3.8) is 0 Å². The fourth-order valence-electron chi connectivity index (χ4n) is 1.81. The fraction of sp³-hybridized carbons (Fsp3) is 0.400. The number of anilines is 1. The number of rotatable bonds is 5. The molecule has 1 unspecified atom stereocenters. The van der Waals surface area contributed by atoms with Gasteiger partial charge in [0.2, 0.25) is 0 Å². The van der Waals surface area contributed by atoms with Crippen LogP contribution in [0, 0.1) is 5.92 Å². The topological polar surface area (TPSA) is 50.9 Å². The standard InChI is InChI=1S/C15H21N3S/c1-10(2)11(3)19-9-13-8-12-6-4-5-7-14(12)17-15(13)18-16/h4-8,10-11H,9,16H2,1-3H3,(H,17,18). The van der Waals surface area contributed by atoms with E-state index in [0.717, 1.165) is 22.5 Å². The highest BCUT2D eigenvalue weighted by molar-refractivity contribution is 7.99. The summed E-state index contributed by atoms with van der Waals surface area (Å²) in [6, 6.07) is 10.3. The van der Waals surface area contributed by atoms with E-state index in [2.05, 4.69) is 43.3 Å². The summed E-state index contributed by atoms with van der Waals surface area (Å²) in [5.74, 6) is 7.97. The maximum absolute atomic E-state index is 5.59. The minimum absolute atomic E-state index is 0.622. The molecule has 1 aromatic heterocycles. The van der Waals surface area contributed by atoms with Crippen molar-refractivity contribution in [1.29, 1.82) is 0 Å². The van der Waals surface area contributed by atoms with Gasteiger partial charge >= 0.3 is 0 Å². The Morgan fingerprint density at radius 2 is 2.00 bits per heavy atom. The molecule has 1 heterocycles. The molecular weight excluding hydrogens is 254 g/mol. The van der Waals surface area contributed by atoms with Crippen molar-refractivity contribution in [2.24, 2.45) is 11.8 Å². The zero-order valence-corrected chi connectivity index (χ0v) is 12.5. The minimum atomic E-state index is 0.622. The number of nitrogens with two attached hydrogens (primary N) is 1. The van der Waals surface area contributed by atoms with Gasteiger partial charge in [-0.2, -0.15) is 11.8 Å². The van der Waals surface area contributed by atoms with Crippen molar-refractivity contribution in [1.82, 2.24) is 4.98 Å². The Kier molecular flexibility index (Phi) is 4.66. The number of hydrogen-bond donors (Lipinski definition) is 2. The molecule has 2 rings (SSSR count). The first-order valence-corrected chi connectivity index (χ1v) is 7.63. The molecule has 0 spiro atoms. The number of benzene rings is 1. The van der Waals surface area contributed by atoms with Crippen molar-refractivity contribution in [3.8, 4) is 0 Å². The highest BCUT2D eigenvalue weighted by atomic mass is 32.2. The lowest BCUT2D eigenvalue weighted by molar-refractivity contribution is 0.642. The first kappa shape index (κ1) is 14.2. The van der Waals surface area contributed by atoms with Crippen molar-refractivity contribution in [3.05, 3.63) is 35.9 Å². The maximum atomic E-state index is 5.59. The van der Waals surface area contributed by atoms with Crippen molar-refractivity contribution in [2.75, 3.05) is 5.43 Å². The van der Waals surface area contributed by atoms with Gasteiger partial charge in [0.25, 0.3) is 0 Å². The van der Waals surface area contributed by atoms with E-state index in [1.54, 1.807) is 0 Å². The average Bonchev–Trinajstić information content (AvgIpc) is 2.43. The number of fused-ring (bicyclic) bond motifs is 1. The Balaban J connectivity index is 2.25. The van der Waals surface area contributed by atoms with Gasteiger partial charge in [-0.25, -0.2) is 10.8 Å². The third-order valence-corrected chi connectivity index (χ3v) is 4.93. The van der Waals surface area contributed by atoms with Crippen LogP contribution in [0.1, 0.15) is 26.3 Å². The van der Waals surface area contributed by atoms with Crippen LogP contribution >= 0.6 is 11.8 Å². The maximum Gasteiger partial charge on any atom is 0.144 e. The number of para-hydroxylation sites is 1. The lowest BCUT2D eigenvalue weighted by Gasteiger charge is -2.16. The van der Waals surface area contributed by atoms with Crippen LogP contribution in [0.3, 0.4) is 0 Å². The number of thioether (sulfide) groups is 1. The van der Waals surface area contributed by atoms with Gasteiger partial charge in [-0.05, 0) is 18.1 Å². The first-order chi connectivity index (χ1) is 9.11. The predicted molar refractivity (Wildman–Crippen MR) is 85.1 cm³/mol. The molecule has 1 atom stereocenters. The van der Waals surface area contributed by atoms with Gasteiger partial charge in [0.1, 0.15) is 5.82 Å². The van der Waals surface area contributed by atoms with Crippen LogP contribution in [0.15, 0.2) is 30.3 Å². The van der Waals surface area contributed by atoms with Crippen LogP contribution in [0.25, 0.3) is 10.9 Å². The van der Waals surface area contributed by atoms with Crippen molar-refractivity contribution < 1.29 is 0 Å². The van der Waals surface area contributed by atoms with Gasteiger partial charge in [-0.15, -0.1) is 0 Å². The van der Waals surface area contributed by atoms with Crippen LogP contribution in [-0.4, -0.2) is 10.2 Å². The number of pyridine rings is 1. The van der Waals surface area contributed by atoms with E-state index >= 15 is 0 Å². The molecule has 0 aliphatic rings. The molecule has 0 amide bonds. The fourth-order valence-corrected chi connectivity index (χ4v) is 2.86. The van der Waals surface area contributed by atoms with E-state index in [9.17, 15) is 0 Å². The zero-order chi connectivity index (χ0) is 13.8. The lowest BCUT2D eigenvalue weighted by atomic mass is 10.1. The van der Waals surface area contributed by atoms with Gasteiger partial charge in [-0.1, -0.05) is 39.0 Å². The highest BCUT2D eigenvalue weighted by Crippen LogP contribution is 2.28. The summed E-state index contributed by atoms with van der Waals surface area (Å²) in [5.41, 5.74) is 4.85. The summed E-state index contributed by atoms with van der Waals surface area (Å²) in [7, 11) is 0. The van der Waals surface area contributed by atoms with E-state index in [4.69, 9.17) is 5.84 Å². The largest absolute Gasteiger partial charge is 0.308 e. The third-order valence-electron chi connectivity index (χ3n) is 3.38.